The van der Waals surface area contributed by atoms with E-state index < -0.39 is 0 Å². The Kier molecular flexibility index (Phi) is 3.63. The molecule has 0 atom stereocenters. The number of allylic oxidation sites excluding steroid dienone is 2. The molecular formula is C14H22N2. The first-order valence-corrected chi connectivity index (χ1v) is 5.60. The van der Waals surface area contributed by atoms with Crippen LogP contribution in [0.4, 0.5) is 0 Å². The van der Waals surface area contributed by atoms with Crippen LogP contribution in [0.3, 0.4) is 0 Å². The first kappa shape index (κ1) is 12.6. The van der Waals surface area contributed by atoms with Crippen molar-refractivity contribution in [1.29, 1.82) is 0 Å². The van der Waals surface area contributed by atoms with Crippen LogP contribution < -0.4 is 10.6 Å². The minimum atomic E-state index is 0.0336. The highest BCUT2D eigenvalue weighted by Crippen LogP contribution is 2.24. The van der Waals surface area contributed by atoms with E-state index in [1.165, 1.54) is 0 Å². The van der Waals surface area contributed by atoms with E-state index in [0.29, 0.717) is 0 Å². The van der Waals surface area contributed by atoms with E-state index >= 15 is 0 Å². The van der Waals surface area contributed by atoms with Gasteiger partial charge in [-0.25, -0.2) is 0 Å². The fourth-order valence-electron chi connectivity index (χ4n) is 1.91. The first-order chi connectivity index (χ1) is 7.41. The molecule has 0 aromatic rings. The van der Waals surface area contributed by atoms with Gasteiger partial charge in [0.15, 0.2) is 0 Å². The summed E-state index contributed by atoms with van der Waals surface area (Å²) < 4.78 is 0. The van der Waals surface area contributed by atoms with E-state index in [9.17, 15) is 0 Å². The van der Waals surface area contributed by atoms with Crippen molar-refractivity contribution >= 4 is 0 Å². The smallest absolute Gasteiger partial charge is 0.0458 e. The van der Waals surface area contributed by atoms with Crippen LogP contribution in [0.1, 0.15) is 27.2 Å². The summed E-state index contributed by atoms with van der Waals surface area (Å²) in [5.41, 5.74) is 4.40. The zero-order valence-electron chi connectivity index (χ0n) is 10.8. The molecule has 0 aromatic heterocycles. The Labute approximate surface area is 98.8 Å². The lowest BCUT2D eigenvalue weighted by Gasteiger charge is -2.31. The average molecular weight is 218 g/mol. The molecular weight excluding hydrogens is 196 g/mol. The second-order valence-corrected chi connectivity index (χ2v) is 4.81. The second kappa shape index (κ2) is 4.60. The maximum atomic E-state index is 4.09. The summed E-state index contributed by atoms with van der Waals surface area (Å²) in [6, 6.07) is 0. The van der Waals surface area contributed by atoms with Crippen LogP contribution in [0, 0.1) is 0 Å². The summed E-state index contributed by atoms with van der Waals surface area (Å²) in [6.07, 6.45) is 5.05. The first-order valence-electron chi connectivity index (χ1n) is 5.60. The summed E-state index contributed by atoms with van der Waals surface area (Å²) in [5, 5.41) is 6.67. The summed E-state index contributed by atoms with van der Waals surface area (Å²) in [5.74, 6) is 0. The molecule has 0 aliphatic carbocycles. The van der Waals surface area contributed by atoms with Gasteiger partial charge < -0.3 is 10.6 Å². The van der Waals surface area contributed by atoms with E-state index in [1.54, 1.807) is 0 Å². The lowest BCUT2D eigenvalue weighted by atomic mass is 9.93. The molecule has 1 rings (SSSR count). The molecule has 0 aromatic carbocycles. The molecule has 0 saturated heterocycles. The van der Waals surface area contributed by atoms with E-state index in [2.05, 4.69) is 50.6 Å². The van der Waals surface area contributed by atoms with Gasteiger partial charge in [0, 0.05) is 24.0 Å². The molecule has 0 saturated carbocycles. The predicted molar refractivity (Wildman–Crippen MR) is 71.0 cm³/mol. The van der Waals surface area contributed by atoms with Gasteiger partial charge in [0.05, 0.1) is 0 Å². The van der Waals surface area contributed by atoms with Crippen molar-refractivity contribution in [3.63, 3.8) is 0 Å². The van der Waals surface area contributed by atoms with Crippen molar-refractivity contribution in [3.8, 4) is 0 Å². The van der Waals surface area contributed by atoms with Crippen molar-refractivity contribution in [2.24, 2.45) is 0 Å². The summed E-state index contributed by atoms with van der Waals surface area (Å²) in [6.45, 7) is 14.4. The Bertz CT molecular complexity index is 370. The quantitative estimate of drug-likeness (QED) is 0.744. The maximum Gasteiger partial charge on any atom is 0.0458 e. The molecule has 0 radical (unpaired) electrons. The molecule has 16 heavy (non-hydrogen) atoms. The highest BCUT2D eigenvalue weighted by Gasteiger charge is 2.21. The standard InChI is InChI=1S/C14H22N2/c1-7-12-8-9-14(4,5)16-11(3)10(2)13(12)15-6/h7-8,15-16H,1,3,9H2,2,4-6H3/b12-8-,13-10-. The summed E-state index contributed by atoms with van der Waals surface area (Å²) in [7, 11) is 1.93. The maximum absolute atomic E-state index is 4.09. The Balaban J connectivity index is 3.25. The van der Waals surface area contributed by atoms with Gasteiger partial charge in [-0.1, -0.05) is 25.3 Å². The second-order valence-electron chi connectivity index (χ2n) is 4.81. The van der Waals surface area contributed by atoms with E-state index in [1.807, 2.05) is 13.1 Å². The van der Waals surface area contributed by atoms with Gasteiger partial charge in [-0.15, -0.1) is 0 Å². The van der Waals surface area contributed by atoms with Gasteiger partial charge in [-0.3, -0.25) is 0 Å². The minimum Gasteiger partial charge on any atom is -0.387 e. The van der Waals surface area contributed by atoms with Crippen molar-refractivity contribution in [2.75, 3.05) is 7.05 Å². The van der Waals surface area contributed by atoms with Crippen LogP contribution >= 0.6 is 0 Å². The fraction of sp³-hybridized carbons (Fsp3) is 0.429. The van der Waals surface area contributed by atoms with Crippen molar-refractivity contribution in [1.82, 2.24) is 10.6 Å². The van der Waals surface area contributed by atoms with Crippen molar-refractivity contribution < 1.29 is 0 Å². The van der Waals surface area contributed by atoms with Crippen LogP contribution in [0.5, 0.6) is 0 Å². The molecule has 2 N–H and O–H groups in total. The Morgan fingerprint density at radius 3 is 2.62 bits per heavy atom. The van der Waals surface area contributed by atoms with Crippen LogP contribution in [-0.2, 0) is 0 Å². The summed E-state index contributed by atoms with van der Waals surface area (Å²) in [4.78, 5) is 0. The van der Waals surface area contributed by atoms with Gasteiger partial charge >= 0.3 is 0 Å². The van der Waals surface area contributed by atoms with Crippen LogP contribution in [0.25, 0.3) is 0 Å². The van der Waals surface area contributed by atoms with Crippen LogP contribution in [0.15, 0.2) is 47.9 Å². The highest BCUT2D eigenvalue weighted by atomic mass is 15.0. The molecule has 88 valence electrons. The number of rotatable bonds is 2. The molecule has 1 aliphatic heterocycles. The SMILES string of the molecule is C=CC1=C/CC(C)(C)NC(=C)\C(C)=C\1NC. The van der Waals surface area contributed by atoms with Gasteiger partial charge in [-0.2, -0.15) is 0 Å². The average Bonchev–Trinajstić information content (AvgIpc) is 2.21. The van der Waals surface area contributed by atoms with Gasteiger partial charge in [0.1, 0.15) is 0 Å². The Hall–Kier alpha value is -1.44. The van der Waals surface area contributed by atoms with Crippen LogP contribution in [0.2, 0.25) is 0 Å². The Morgan fingerprint density at radius 1 is 1.50 bits per heavy atom. The molecule has 2 nitrogen and oxygen atoms in total. The molecule has 0 bridgehead atoms. The van der Waals surface area contributed by atoms with Crippen molar-refractivity contribution in [2.45, 2.75) is 32.7 Å². The molecule has 0 amide bonds. The van der Waals surface area contributed by atoms with Gasteiger partial charge in [-0.05, 0) is 38.3 Å². The van der Waals surface area contributed by atoms with Gasteiger partial charge in [0.2, 0.25) is 0 Å². The zero-order valence-corrected chi connectivity index (χ0v) is 10.8. The normalized spacial score (nSPS) is 28.2. The highest BCUT2D eigenvalue weighted by molar-refractivity contribution is 5.47. The molecule has 1 heterocycles. The lowest BCUT2D eigenvalue weighted by molar-refractivity contribution is 0.434. The third-order valence-corrected chi connectivity index (χ3v) is 2.91. The summed E-state index contributed by atoms with van der Waals surface area (Å²) >= 11 is 0. The fourth-order valence-corrected chi connectivity index (χ4v) is 1.91. The number of nitrogens with one attached hydrogen (secondary N) is 2. The molecule has 0 fully saturated rings. The molecule has 0 unspecified atom stereocenters. The minimum absolute atomic E-state index is 0.0336. The van der Waals surface area contributed by atoms with Crippen molar-refractivity contribution in [3.05, 3.63) is 47.9 Å². The monoisotopic (exact) mass is 218 g/mol. The molecule has 0 spiro atoms. The van der Waals surface area contributed by atoms with E-state index in [-0.39, 0.29) is 5.54 Å². The zero-order chi connectivity index (χ0) is 12.3. The topological polar surface area (TPSA) is 24.1 Å². The Morgan fingerprint density at radius 2 is 2.12 bits per heavy atom. The number of likely N-dealkylation sites (N-methyl/N-ethyl adjacent to an activating group) is 1. The molecule has 2 heteroatoms. The number of hydrogen-bond acceptors (Lipinski definition) is 2. The third-order valence-electron chi connectivity index (χ3n) is 2.91. The predicted octanol–water partition coefficient (Wildman–Crippen LogP) is 2.88. The van der Waals surface area contributed by atoms with Crippen LogP contribution in [-0.4, -0.2) is 12.6 Å². The lowest BCUT2D eigenvalue weighted by Crippen LogP contribution is -2.39. The third kappa shape index (κ3) is 2.57. The number of hydrogen-bond donors (Lipinski definition) is 2. The molecule has 1 aliphatic rings. The largest absolute Gasteiger partial charge is 0.387 e. The van der Waals surface area contributed by atoms with E-state index in [0.717, 1.165) is 29.0 Å². The van der Waals surface area contributed by atoms with E-state index in [4.69, 9.17) is 0 Å². The van der Waals surface area contributed by atoms with Gasteiger partial charge in [0.25, 0.3) is 0 Å².